The minimum atomic E-state index is -0.114. The number of carbonyl (C=O) groups excluding carboxylic acids is 2. The first-order valence-electron chi connectivity index (χ1n) is 10.6. The fraction of sp³-hybridized carbons (Fsp3) is 0.636. The molecule has 150 valence electrons. The number of amides is 2. The maximum atomic E-state index is 12.6. The van der Waals surface area contributed by atoms with Crippen LogP contribution in [0, 0.1) is 17.8 Å². The van der Waals surface area contributed by atoms with Gasteiger partial charge in [-0.3, -0.25) is 9.59 Å². The Morgan fingerprint density at radius 2 is 1.89 bits per heavy atom. The van der Waals surface area contributed by atoms with E-state index in [4.69, 9.17) is 4.74 Å². The largest absolute Gasteiger partial charge is 0.484 e. The summed E-state index contributed by atoms with van der Waals surface area (Å²) in [6.07, 6.45) is 4.42. The van der Waals surface area contributed by atoms with Crippen LogP contribution in [0.2, 0.25) is 0 Å². The molecule has 0 aromatic heterocycles. The third-order valence-corrected chi connectivity index (χ3v) is 7.14. The summed E-state index contributed by atoms with van der Waals surface area (Å²) in [5.74, 6) is 2.38. The lowest BCUT2D eigenvalue weighted by Crippen LogP contribution is -2.56. The van der Waals surface area contributed by atoms with E-state index < -0.39 is 0 Å². The van der Waals surface area contributed by atoms with Crippen molar-refractivity contribution >= 4 is 11.8 Å². The van der Waals surface area contributed by atoms with Gasteiger partial charge < -0.3 is 19.9 Å². The minimum absolute atomic E-state index is 0.0290. The molecule has 6 heteroatoms. The summed E-state index contributed by atoms with van der Waals surface area (Å²) in [5.41, 5.74) is -0.114. The van der Waals surface area contributed by atoms with Crippen LogP contribution in [0.4, 0.5) is 0 Å². The zero-order chi connectivity index (χ0) is 19.1. The van der Waals surface area contributed by atoms with Gasteiger partial charge in [0.1, 0.15) is 5.75 Å². The van der Waals surface area contributed by atoms with Crippen molar-refractivity contribution in [3.05, 3.63) is 30.3 Å². The van der Waals surface area contributed by atoms with Crippen molar-refractivity contribution in [2.75, 3.05) is 39.3 Å². The van der Waals surface area contributed by atoms with Crippen LogP contribution in [0.1, 0.15) is 25.7 Å². The normalized spacial score (nSPS) is 29.0. The first kappa shape index (κ1) is 18.0. The van der Waals surface area contributed by atoms with Crippen LogP contribution in [-0.2, 0) is 9.59 Å². The Morgan fingerprint density at radius 3 is 2.61 bits per heavy atom. The molecule has 4 aliphatic rings. The number of carbonyl (C=O) groups is 2. The molecule has 3 aliphatic heterocycles. The Labute approximate surface area is 166 Å². The van der Waals surface area contributed by atoms with E-state index >= 15 is 0 Å². The predicted molar refractivity (Wildman–Crippen MR) is 105 cm³/mol. The third-order valence-electron chi connectivity index (χ3n) is 7.14. The molecule has 0 radical (unpaired) electrons. The van der Waals surface area contributed by atoms with Crippen molar-refractivity contribution < 1.29 is 14.3 Å². The Bertz CT molecular complexity index is 741. The Kier molecular flexibility index (Phi) is 4.54. The van der Waals surface area contributed by atoms with Gasteiger partial charge in [0, 0.05) is 44.2 Å². The van der Waals surface area contributed by atoms with Crippen LogP contribution in [0.25, 0.3) is 0 Å². The highest BCUT2D eigenvalue weighted by Gasteiger charge is 2.57. The van der Waals surface area contributed by atoms with Gasteiger partial charge in [-0.1, -0.05) is 18.2 Å². The number of nitrogens with one attached hydrogen (secondary N) is 1. The molecule has 0 bridgehead atoms. The number of fused-ring (bicyclic) bond motifs is 2. The molecule has 3 heterocycles. The van der Waals surface area contributed by atoms with E-state index in [1.807, 2.05) is 35.2 Å². The molecular formula is C22H29N3O3. The van der Waals surface area contributed by atoms with Gasteiger partial charge in [-0.25, -0.2) is 0 Å². The number of hydrogen-bond donors (Lipinski definition) is 1. The van der Waals surface area contributed by atoms with Crippen LogP contribution < -0.4 is 10.1 Å². The van der Waals surface area contributed by atoms with E-state index in [1.165, 1.54) is 12.8 Å². The second-order valence-corrected chi connectivity index (χ2v) is 9.00. The highest BCUT2D eigenvalue weighted by molar-refractivity contribution is 5.84. The number of hydrogen-bond acceptors (Lipinski definition) is 4. The summed E-state index contributed by atoms with van der Waals surface area (Å²) < 4.78 is 5.61. The van der Waals surface area contributed by atoms with Gasteiger partial charge in [0.05, 0.1) is 5.92 Å². The molecule has 1 aromatic rings. The second kappa shape index (κ2) is 7.07. The molecule has 6 nitrogen and oxygen atoms in total. The van der Waals surface area contributed by atoms with Crippen LogP contribution in [0.3, 0.4) is 0 Å². The van der Waals surface area contributed by atoms with Gasteiger partial charge in [-0.2, -0.15) is 0 Å². The van der Waals surface area contributed by atoms with E-state index in [2.05, 4.69) is 10.2 Å². The number of piperidine rings is 1. The first-order valence-corrected chi connectivity index (χ1v) is 10.6. The van der Waals surface area contributed by atoms with Gasteiger partial charge in [0.25, 0.3) is 5.91 Å². The molecule has 2 amide bonds. The van der Waals surface area contributed by atoms with E-state index in [-0.39, 0.29) is 29.9 Å². The molecule has 1 spiro atoms. The number of ether oxygens (including phenoxy) is 1. The first-order chi connectivity index (χ1) is 13.6. The molecular weight excluding hydrogens is 354 g/mol. The lowest BCUT2D eigenvalue weighted by molar-refractivity contribution is -0.135. The molecule has 1 N–H and O–H groups in total. The van der Waals surface area contributed by atoms with Crippen molar-refractivity contribution in [1.82, 2.24) is 15.1 Å². The molecule has 5 rings (SSSR count). The van der Waals surface area contributed by atoms with Crippen LogP contribution in [0.5, 0.6) is 5.75 Å². The summed E-state index contributed by atoms with van der Waals surface area (Å²) in [7, 11) is 0. The van der Waals surface area contributed by atoms with E-state index in [0.717, 1.165) is 44.1 Å². The molecule has 1 saturated carbocycles. The second-order valence-electron chi connectivity index (χ2n) is 9.00. The van der Waals surface area contributed by atoms with E-state index in [1.54, 1.807) is 0 Å². The zero-order valence-corrected chi connectivity index (χ0v) is 16.3. The summed E-state index contributed by atoms with van der Waals surface area (Å²) in [4.78, 5) is 29.6. The number of rotatable bonds is 5. The fourth-order valence-corrected chi connectivity index (χ4v) is 5.36. The number of para-hydroxylation sites is 1. The third kappa shape index (κ3) is 3.39. The Morgan fingerprint density at radius 1 is 1.14 bits per heavy atom. The van der Waals surface area contributed by atoms with Crippen molar-refractivity contribution in [2.24, 2.45) is 17.8 Å². The van der Waals surface area contributed by atoms with Crippen molar-refractivity contribution in [3.8, 4) is 5.75 Å². The number of likely N-dealkylation sites (tertiary alicyclic amines) is 2. The molecule has 28 heavy (non-hydrogen) atoms. The van der Waals surface area contributed by atoms with E-state index in [9.17, 15) is 9.59 Å². The quantitative estimate of drug-likeness (QED) is 0.837. The van der Waals surface area contributed by atoms with Crippen molar-refractivity contribution in [3.63, 3.8) is 0 Å². The molecule has 1 aliphatic carbocycles. The highest BCUT2D eigenvalue weighted by Crippen LogP contribution is 2.45. The summed E-state index contributed by atoms with van der Waals surface area (Å²) in [6, 6.07) is 9.45. The average molecular weight is 383 g/mol. The molecule has 3 saturated heterocycles. The topological polar surface area (TPSA) is 61.9 Å². The molecule has 4 fully saturated rings. The molecule has 1 aromatic carbocycles. The number of benzene rings is 1. The summed E-state index contributed by atoms with van der Waals surface area (Å²) >= 11 is 0. The molecule has 0 unspecified atom stereocenters. The van der Waals surface area contributed by atoms with Gasteiger partial charge in [-0.15, -0.1) is 0 Å². The zero-order valence-electron chi connectivity index (χ0n) is 16.3. The van der Waals surface area contributed by atoms with Gasteiger partial charge in [0.15, 0.2) is 6.61 Å². The summed E-state index contributed by atoms with van der Waals surface area (Å²) in [5, 5.41) is 3.34. The van der Waals surface area contributed by atoms with Gasteiger partial charge >= 0.3 is 0 Å². The maximum absolute atomic E-state index is 12.6. The number of nitrogens with zero attached hydrogens (tertiary/aromatic N) is 2. The smallest absolute Gasteiger partial charge is 0.260 e. The van der Waals surface area contributed by atoms with Crippen molar-refractivity contribution in [1.29, 1.82) is 0 Å². The van der Waals surface area contributed by atoms with Gasteiger partial charge in [-0.05, 0) is 43.7 Å². The monoisotopic (exact) mass is 383 g/mol. The van der Waals surface area contributed by atoms with Crippen LogP contribution in [0.15, 0.2) is 30.3 Å². The highest BCUT2D eigenvalue weighted by atomic mass is 16.5. The van der Waals surface area contributed by atoms with Crippen LogP contribution >= 0.6 is 0 Å². The maximum Gasteiger partial charge on any atom is 0.260 e. The Balaban J connectivity index is 1.17. The lowest BCUT2D eigenvalue weighted by Gasteiger charge is -2.42. The molecule has 2 atom stereocenters. The van der Waals surface area contributed by atoms with E-state index in [0.29, 0.717) is 19.0 Å². The fourth-order valence-electron chi connectivity index (χ4n) is 5.36. The lowest BCUT2D eigenvalue weighted by atomic mass is 9.75. The minimum Gasteiger partial charge on any atom is -0.484 e. The van der Waals surface area contributed by atoms with Crippen LogP contribution in [-0.4, -0.2) is 66.5 Å². The SMILES string of the molecule is O=C1NC2(CCN(C(=O)COc3ccccc3)CC2)[C@H]2CN(CC3CC3)C[C@@H]12. The predicted octanol–water partition coefficient (Wildman–Crippen LogP) is 1.51. The summed E-state index contributed by atoms with van der Waals surface area (Å²) in [6.45, 7) is 4.59. The average Bonchev–Trinajstić information content (AvgIpc) is 3.36. The Hall–Kier alpha value is -2.08. The van der Waals surface area contributed by atoms with Gasteiger partial charge in [0.2, 0.25) is 5.91 Å². The van der Waals surface area contributed by atoms with Crippen molar-refractivity contribution in [2.45, 2.75) is 31.2 Å². The standard InChI is InChI=1S/C22H29N3O3/c26-20(15-28-17-4-2-1-3-5-17)25-10-8-22(9-11-25)19-14-24(12-16-6-7-16)13-18(19)21(27)23-22/h1-5,16,18-19H,6-15H2,(H,23,27)/t18-,19+/m1/s1.